The zero-order valence-corrected chi connectivity index (χ0v) is 19.9. The number of rotatable bonds is 7. The highest BCUT2D eigenvalue weighted by Gasteiger charge is 2.34. The van der Waals surface area contributed by atoms with Crippen molar-refractivity contribution in [1.82, 2.24) is 9.47 Å². The van der Waals surface area contributed by atoms with Gasteiger partial charge in [-0.1, -0.05) is 29.8 Å². The molecule has 0 saturated carbocycles. The highest BCUT2D eigenvalue weighted by atomic mass is 35.5. The van der Waals surface area contributed by atoms with Gasteiger partial charge in [-0.3, -0.25) is 14.5 Å². The number of hydrogen-bond acceptors (Lipinski definition) is 4. The maximum Gasteiger partial charge on any atom is 0.293 e. The van der Waals surface area contributed by atoms with E-state index in [-0.39, 0.29) is 17.7 Å². The van der Waals surface area contributed by atoms with Crippen molar-refractivity contribution in [2.75, 3.05) is 6.54 Å². The summed E-state index contributed by atoms with van der Waals surface area (Å²) in [5, 5.41) is 0.432. The van der Waals surface area contributed by atoms with Crippen LogP contribution in [0.25, 0.3) is 11.8 Å². The monoisotopic (exact) mass is 478 g/mol. The standard InChI is InChI=1S/C26H23ClN2O3S/c1-4-13-28-25(30)24(33-26(28)31)15-20-14-17(2)29(18(20)3)22-9-11-23(12-10-22)32-16-19-5-7-21(27)8-6-19/h4-12,14-15H,1,13,16H2,2-3H3/b24-15+. The number of aromatic nitrogens is 1. The van der Waals surface area contributed by atoms with Crippen molar-refractivity contribution in [3.63, 3.8) is 0 Å². The number of amides is 2. The summed E-state index contributed by atoms with van der Waals surface area (Å²) in [6.45, 7) is 8.30. The van der Waals surface area contributed by atoms with E-state index >= 15 is 0 Å². The molecule has 1 saturated heterocycles. The van der Waals surface area contributed by atoms with Crippen LogP contribution in [0.4, 0.5) is 4.79 Å². The Balaban J connectivity index is 1.52. The first-order chi connectivity index (χ1) is 15.9. The highest BCUT2D eigenvalue weighted by molar-refractivity contribution is 8.18. The van der Waals surface area contributed by atoms with Gasteiger partial charge >= 0.3 is 0 Å². The van der Waals surface area contributed by atoms with E-state index in [0.29, 0.717) is 16.5 Å². The molecule has 1 aromatic heterocycles. The average Bonchev–Trinajstić information content (AvgIpc) is 3.23. The van der Waals surface area contributed by atoms with Gasteiger partial charge in [-0.05, 0) is 85.3 Å². The summed E-state index contributed by atoms with van der Waals surface area (Å²) in [4.78, 5) is 26.3. The minimum Gasteiger partial charge on any atom is -0.489 e. The van der Waals surface area contributed by atoms with Gasteiger partial charge in [-0.2, -0.15) is 0 Å². The van der Waals surface area contributed by atoms with Gasteiger partial charge in [0.15, 0.2) is 0 Å². The molecule has 2 heterocycles. The fourth-order valence-electron chi connectivity index (χ4n) is 3.70. The van der Waals surface area contributed by atoms with Gasteiger partial charge in [0, 0.05) is 28.6 Å². The van der Waals surface area contributed by atoms with E-state index in [1.54, 1.807) is 12.2 Å². The lowest BCUT2D eigenvalue weighted by molar-refractivity contribution is -0.122. The number of carbonyl (C=O) groups is 2. The van der Waals surface area contributed by atoms with E-state index in [0.717, 1.165) is 45.7 Å². The number of imide groups is 1. The molecule has 168 valence electrons. The third-order valence-corrected chi connectivity index (χ3v) is 6.52. The van der Waals surface area contributed by atoms with Crippen LogP contribution in [0.1, 0.15) is 22.5 Å². The third kappa shape index (κ3) is 4.92. The molecule has 33 heavy (non-hydrogen) atoms. The molecule has 0 atom stereocenters. The summed E-state index contributed by atoms with van der Waals surface area (Å²) in [6, 6.07) is 17.5. The average molecular weight is 479 g/mol. The molecule has 1 aliphatic rings. The number of halogens is 1. The van der Waals surface area contributed by atoms with Crippen LogP contribution in [0, 0.1) is 13.8 Å². The van der Waals surface area contributed by atoms with E-state index in [4.69, 9.17) is 16.3 Å². The quantitative estimate of drug-likeness (QED) is 0.285. The summed E-state index contributed by atoms with van der Waals surface area (Å²) in [5.41, 5.74) is 4.95. The van der Waals surface area contributed by atoms with Gasteiger partial charge in [-0.25, -0.2) is 0 Å². The van der Waals surface area contributed by atoms with Gasteiger partial charge in [0.05, 0.1) is 4.91 Å². The van der Waals surface area contributed by atoms with Crippen molar-refractivity contribution in [3.8, 4) is 11.4 Å². The number of nitrogens with zero attached hydrogens (tertiary/aromatic N) is 2. The molecule has 0 aliphatic carbocycles. The molecule has 5 nitrogen and oxygen atoms in total. The Morgan fingerprint density at radius 1 is 1.06 bits per heavy atom. The minimum absolute atomic E-state index is 0.216. The van der Waals surface area contributed by atoms with Gasteiger partial charge in [0.1, 0.15) is 12.4 Å². The largest absolute Gasteiger partial charge is 0.489 e. The molecule has 0 bridgehead atoms. The van der Waals surface area contributed by atoms with Gasteiger partial charge < -0.3 is 9.30 Å². The highest BCUT2D eigenvalue weighted by Crippen LogP contribution is 2.33. The van der Waals surface area contributed by atoms with Gasteiger partial charge in [0.25, 0.3) is 11.1 Å². The van der Waals surface area contributed by atoms with E-state index in [1.165, 1.54) is 4.90 Å². The second-order valence-corrected chi connectivity index (χ2v) is 9.08. The van der Waals surface area contributed by atoms with Crippen LogP contribution in [-0.4, -0.2) is 27.2 Å². The van der Waals surface area contributed by atoms with Crippen LogP contribution < -0.4 is 4.74 Å². The summed E-state index contributed by atoms with van der Waals surface area (Å²) in [7, 11) is 0. The predicted molar refractivity (Wildman–Crippen MR) is 134 cm³/mol. The number of aryl methyl sites for hydroxylation is 1. The zero-order valence-electron chi connectivity index (χ0n) is 18.4. The first-order valence-corrected chi connectivity index (χ1v) is 11.6. The molecular weight excluding hydrogens is 456 g/mol. The molecule has 2 aromatic carbocycles. The molecule has 0 unspecified atom stereocenters. The lowest BCUT2D eigenvalue weighted by Gasteiger charge is -2.12. The fourth-order valence-corrected chi connectivity index (χ4v) is 4.66. The van der Waals surface area contributed by atoms with Crippen molar-refractivity contribution >= 4 is 40.6 Å². The van der Waals surface area contributed by atoms with E-state index in [1.807, 2.05) is 68.4 Å². The zero-order chi connectivity index (χ0) is 23.5. The Bertz CT molecular complexity index is 1240. The Morgan fingerprint density at radius 3 is 2.42 bits per heavy atom. The first kappa shape index (κ1) is 23.0. The van der Waals surface area contributed by atoms with E-state index in [9.17, 15) is 9.59 Å². The Labute approximate surface area is 202 Å². The Morgan fingerprint density at radius 2 is 1.76 bits per heavy atom. The predicted octanol–water partition coefficient (Wildman–Crippen LogP) is 6.55. The third-order valence-electron chi connectivity index (χ3n) is 5.36. The van der Waals surface area contributed by atoms with Crippen LogP contribution >= 0.6 is 23.4 Å². The second kappa shape index (κ2) is 9.73. The molecule has 3 aromatic rings. The molecule has 2 amide bonds. The van der Waals surface area contributed by atoms with Crippen LogP contribution in [0.15, 0.2) is 72.2 Å². The molecule has 7 heteroatoms. The van der Waals surface area contributed by atoms with Crippen LogP contribution in [0.3, 0.4) is 0 Å². The van der Waals surface area contributed by atoms with Crippen molar-refractivity contribution in [2.24, 2.45) is 0 Å². The van der Waals surface area contributed by atoms with Crippen LogP contribution in [0.5, 0.6) is 5.75 Å². The van der Waals surface area contributed by atoms with Gasteiger partial charge in [0.2, 0.25) is 0 Å². The number of carbonyl (C=O) groups excluding carboxylic acids is 2. The second-order valence-electron chi connectivity index (χ2n) is 7.65. The molecule has 4 rings (SSSR count). The summed E-state index contributed by atoms with van der Waals surface area (Å²) in [5.74, 6) is 0.490. The molecule has 1 fully saturated rings. The molecule has 1 aliphatic heterocycles. The maximum absolute atomic E-state index is 12.5. The number of ether oxygens (including phenoxy) is 1. The number of thioether (sulfide) groups is 1. The van der Waals surface area contributed by atoms with E-state index < -0.39 is 0 Å². The van der Waals surface area contributed by atoms with Gasteiger partial charge in [-0.15, -0.1) is 6.58 Å². The molecule has 0 N–H and O–H groups in total. The normalized spacial score (nSPS) is 14.9. The van der Waals surface area contributed by atoms with Crippen molar-refractivity contribution in [3.05, 3.63) is 99.7 Å². The summed E-state index contributed by atoms with van der Waals surface area (Å²) in [6.07, 6.45) is 3.34. The number of hydrogen-bond donors (Lipinski definition) is 0. The fraction of sp³-hybridized carbons (Fsp3) is 0.154. The molecule has 0 radical (unpaired) electrons. The van der Waals surface area contributed by atoms with Crippen molar-refractivity contribution in [2.45, 2.75) is 20.5 Å². The topological polar surface area (TPSA) is 51.5 Å². The molecular formula is C26H23ClN2O3S. The maximum atomic E-state index is 12.5. The van der Waals surface area contributed by atoms with Crippen molar-refractivity contribution < 1.29 is 14.3 Å². The lowest BCUT2D eigenvalue weighted by Crippen LogP contribution is -2.27. The summed E-state index contributed by atoms with van der Waals surface area (Å²) < 4.78 is 8.00. The van der Waals surface area contributed by atoms with Crippen LogP contribution in [-0.2, 0) is 11.4 Å². The Kier molecular flexibility index (Phi) is 6.77. The smallest absolute Gasteiger partial charge is 0.293 e. The van der Waals surface area contributed by atoms with Crippen molar-refractivity contribution in [1.29, 1.82) is 0 Å². The lowest BCUT2D eigenvalue weighted by atomic mass is 10.2. The first-order valence-electron chi connectivity index (χ1n) is 10.4. The summed E-state index contributed by atoms with van der Waals surface area (Å²) >= 11 is 6.89. The van der Waals surface area contributed by atoms with Crippen LogP contribution in [0.2, 0.25) is 5.02 Å². The Hall–Kier alpha value is -3.22. The minimum atomic E-state index is -0.281. The SMILES string of the molecule is C=CCN1C(=O)S/C(=C/c2cc(C)n(-c3ccc(OCc4ccc(Cl)cc4)cc3)c2C)C1=O. The molecule has 0 spiro atoms. The van der Waals surface area contributed by atoms with E-state index in [2.05, 4.69) is 11.1 Å². The number of benzene rings is 2.